The van der Waals surface area contributed by atoms with Gasteiger partial charge < -0.3 is 13.7 Å². The fourth-order valence-electron chi connectivity index (χ4n) is 7.43. The van der Waals surface area contributed by atoms with E-state index in [0.717, 1.165) is 77.3 Å². The second-order valence-electron chi connectivity index (χ2n) is 12.5. The number of hydrogen-bond acceptors (Lipinski definition) is 3. The highest BCUT2D eigenvalue weighted by Gasteiger charge is 2.23. The molecule has 49 heavy (non-hydrogen) atoms. The van der Waals surface area contributed by atoms with Crippen molar-refractivity contribution in [2.24, 2.45) is 0 Å². The molecule has 2 heterocycles. The summed E-state index contributed by atoms with van der Waals surface area (Å²) >= 11 is 0. The van der Waals surface area contributed by atoms with Crippen LogP contribution in [0.5, 0.6) is 0 Å². The SMILES string of the molecule is c1ccc(-c2ccccc2-c2ccc(N(c3cccc4c3oc3c5ccccc5ccc43)c3cccc4oc5ccccc5c34)cc2)cc1. The Hall–Kier alpha value is -6.58. The van der Waals surface area contributed by atoms with E-state index in [1.54, 1.807) is 0 Å². The number of hydrogen-bond donors (Lipinski definition) is 0. The van der Waals surface area contributed by atoms with E-state index in [1.807, 2.05) is 12.1 Å². The van der Waals surface area contributed by atoms with Crippen LogP contribution in [0.3, 0.4) is 0 Å². The van der Waals surface area contributed by atoms with Gasteiger partial charge in [0.1, 0.15) is 16.7 Å². The van der Waals surface area contributed by atoms with Gasteiger partial charge in [0.25, 0.3) is 0 Å². The normalized spacial score (nSPS) is 11.7. The Balaban J connectivity index is 1.22. The summed E-state index contributed by atoms with van der Waals surface area (Å²) in [7, 11) is 0. The molecule has 0 unspecified atom stereocenters. The van der Waals surface area contributed by atoms with Gasteiger partial charge in [-0.25, -0.2) is 0 Å². The predicted molar refractivity (Wildman–Crippen MR) is 204 cm³/mol. The van der Waals surface area contributed by atoms with Crippen molar-refractivity contribution in [3.8, 4) is 22.3 Å². The van der Waals surface area contributed by atoms with Crippen LogP contribution in [0.1, 0.15) is 0 Å². The van der Waals surface area contributed by atoms with Crippen molar-refractivity contribution in [1.82, 2.24) is 0 Å². The number of para-hydroxylation sites is 2. The van der Waals surface area contributed by atoms with Gasteiger partial charge in [-0.2, -0.15) is 0 Å². The van der Waals surface area contributed by atoms with Crippen molar-refractivity contribution >= 4 is 71.7 Å². The lowest BCUT2D eigenvalue weighted by Crippen LogP contribution is -2.10. The van der Waals surface area contributed by atoms with Crippen LogP contribution in [-0.4, -0.2) is 0 Å². The van der Waals surface area contributed by atoms with E-state index in [4.69, 9.17) is 8.83 Å². The molecule has 0 N–H and O–H groups in total. The van der Waals surface area contributed by atoms with Gasteiger partial charge in [0.05, 0.1) is 16.8 Å². The van der Waals surface area contributed by atoms with Crippen LogP contribution in [0.15, 0.2) is 185 Å². The maximum Gasteiger partial charge on any atom is 0.159 e. The molecule has 0 saturated heterocycles. The van der Waals surface area contributed by atoms with Crippen molar-refractivity contribution in [3.05, 3.63) is 176 Å². The minimum atomic E-state index is 0.845. The molecule has 0 atom stereocenters. The molecule has 230 valence electrons. The van der Waals surface area contributed by atoms with Crippen LogP contribution in [0, 0.1) is 0 Å². The second kappa shape index (κ2) is 11.0. The van der Waals surface area contributed by atoms with Gasteiger partial charge in [0.2, 0.25) is 0 Å². The molecular formula is C46H29NO2. The fourth-order valence-corrected chi connectivity index (χ4v) is 7.43. The zero-order chi connectivity index (χ0) is 32.3. The molecule has 0 bridgehead atoms. The molecule has 0 spiro atoms. The zero-order valence-electron chi connectivity index (χ0n) is 26.5. The van der Waals surface area contributed by atoms with E-state index in [0.29, 0.717) is 0 Å². The number of furan rings is 2. The molecule has 0 fully saturated rings. The summed E-state index contributed by atoms with van der Waals surface area (Å²) in [5, 5.41) is 6.60. The van der Waals surface area contributed by atoms with E-state index < -0.39 is 0 Å². The molecule has 3 nitrogen and oxygen atoms in total. The summed E-state index contributed by atoms with van der Waals surface area (Å²) in [6, 6.07) is 61.9. The lowest BCUT2D eigenvalue weighted by Gasteiger charge is -2.26. The van der Waals surface area contributed by atoms with Gasteiger partial charge in [-0.3, -0.25) is 0 Å². The van der Waals surface area contributed by atoms with Crippen molar-refractivity contribution in [2.45, 2.75) is 0 Å². The predicted octanol–water partition coefficient (Wildman–Crippen LogP) is 13.4. The smallest absolute Gasteiger partial charge is 0.159 e. The van der Waals surface area contributed by atoms with Crippen LogP contribution < -0.4 is 4.90 Å². The average molecular weight is 628 g/mol. The highest BCUT2D eigenvalue weighted by Crippen LogP contribution is 2.47. The molecule has 0 aliphatic rings. The number of anilines is 3. The Labute approximate surface area is 282 Å². The van der Waals surface area contributed by atoms with E-state index >= 15 is 0 Å². The molecule has 10 rings (SSSR count). The highest BCUT2D eigenvalue weighted by atomic mass is 16.3. The lowest BCUT2D eigenvalue weighted by atomic mass is 9.94. The third-order valence-corrected chi connectivity index (χ3v) is 9.68. The van der Waals surface area contributed by atoms with E-state index in [-0.39, 0.29) is 0 Å². The minimum absolute atomic E-state index is 0.845. The molecule has 0 radical (unpaired) electrons. The van der Waals surface area contributed by atoms with Gasteiger partial charge in [-0.15, -0.1) is 0 Å². The van der Waals surface area contributed by atoms with Gasteiger partial charge in [0.15, 0.2) is 5.58 Å². The van der Waals surface area contributed by atoms with E-state index in [2.05, 4.69) is 169 Å². The van der Waals surface area contributed by atoms with Gasteiger partial charge in [0, 0.05) is 27.2 Å². The summed E-state index contributed by atoms with van der Waals surface area (Å²) in [6.45, 7) is 0. The topological polar surface area (TPSA) is 29.5 Å². The van der Waals surface area contributed by atoms with Crippen LogP contribution in [-0.2, 0) is 0 Å². The Kier molecular flexibility index (Phi) is 6.18. The number of nitrogens with zero attached hydrogens (tertiary/aromatic N) is 1. The number of fused-ring (bicyclic) bond motifs is 8. The van der Waals surface area contributed by atoms with E-state index in [1.165, 1.54) is 16.7 Å². The first-order valence-corrected chi connectivity index (χ1v) is 16.6. The molecule has 10 aromatic rings. The number of benzene rings is 8. The first kappa shape index (κ1) is 27.5. The van der Waals surface area contributed by atoms with Crippen LogP contribution in [0.2, 0.25) is 0 Å². The van der Waals surface area contributed by atoms with Gasteiger partial charge in [-0.1, -0.05) is 133 Å². The molecule has 0 aliphatic carbocycles. The molecular weight excluding hydrogens is 599 g/mol. The quantitative estimate of drug-likeness (QED) is 0.190. The Bertz CT molecular complexity index is 2830. The van der Waals surface area contributed by atoms with E-state index in [9.17, 15) is 0 Å². The maximum absolute atomic E-state index is 6.89. The zero-order valence-corrected chi connectivity index (χ0v) is 26.5. The largest absolute Gasteiger partial charge is 0.456 e. The molecule has 0 aliphatic heterocycles. The van der Waals surface area contributed by atoms with Crippen LogP contribution in [0.4, 0.5) is 17.1 Å². The molecule has 2 aromatic heterocycles. The maximum atomic E-state index is 6.89. The van der Waals surface area contributed by atoms with Gasteiger partial charge in [-0.05, 0) is 70.1 Å². The first-order chi connectivity index (χ1) is 24.3. The Morgan fingerprint density at radius 2 is 0.959 bits per heavy atom. The van der Waals surface area contributed by atoms with Crippen LogP contribution in [0.25, 0.3) is 76.9 Å². The summed E-state index contributed by atoms with van der Waals surface area (Å²) in [5.74, 6) is 0. The summed E-state index contributed by atoms with van der Waals surface area (Å²) in [6.07, 6.45) is 0. The summed E-state index contributed by atoms with van der Waals surface area (Å²) in [4.78, 5) is 2.32. The van der Waals surface area contributed by atoms with Crippen LogP contribution >= 0.6 is 0 Å². The van der Waals surface area contributed by atoms with Crippen molar-refractivity contribution in [1.29, 1.82) is 0 Å². The van der Waals surface area contributed by atoms with Crippen molar-refractivity contribution < 1.29 is 8.83 Å². The Morgan fingerprint density at radius 1 is 0.347 bits per heavy atom. The highest BCUT2D eigenvalue weighted by molar-refractivity contribution is 6.19. The van der Waals surface area contributed by atoms with Crippen molar-refractivity contribution in [3.63, 3.8) is 0 Å². The van der Waals surface area contributed by atoms with Crippen molar-refractivity contribution in [2.75, 3.05) is 4.90 Å². The standard InChI is InChI=1S/C46H29NO2/c1-2-12-30(13-3-1)34-15-6-7-16-35(34)32-24-27-33(28-25-32)47(40-20-11-23-43-44(40)39-18-8-9-22-42(39)48-43)41-21-10-19-37-38-29-26-31-14-4-5-17-36(31)45(38)49-46(37)41/h1-29H. The monoisotopic (exact) mass is 627 g/mol. The summed E-state index contributed by atoms with van der Waals surface area (Å²) < 4.78 is 13.3. The molecule has 0 saturated carbocycles. The Morgan fingerprint density at radius 3 is 1.80 bits per heavy atom. The average Bonchev–Trinajstić information content (AvgIpc) is 3.75. The fraction of sp³-hybridized carbons (Fsp3) is 0. The summed E-state index contributed by atoms with van der Waals surface area (Å²) in [5.41, 5.74) is 11.2. The molecule has 8 aromatic carbocycles. The lowest BCUT2D eigenvalue weighted by molar-refractivity contribution is 0.668. The van der Waals surface area contributed by atoms with Gasteiger partial charge >= 0.3 is 0 Å². The first-order valence-electron chi connectivity index (χ1n) is 16.6. The molecule has 0 amide bonds. The second-order valence-corrected chi connectivity index (χ2v) is 12.5. The third kappa shape index (κ3) is 4.37. The number of rotatable bonds is 5. The minimum Gasteiger partial charge on any atom is -0.456 e. The molecule has 3 heteroatoms. The third-order valence-electron chi connectivity index (χ3n) is 9.68.